The normalized spacial score (nSPS) is 14.7. The van der Waals surface area contributed by atoms with Crippen LogP contribution in [0.2, 0.25) is 0 Å². The second-order valence-corrected chi connectivity index (χ2v) is 2.98. The summed E-state index contributed by atoms with van der Waals surface area (Å²) in [5, 5.41) is 0. The zero-order chi connectivity index (χ0) is 9.90. The molecule has 0 aliphatic heterocycles. The summed E-state index contributed by atoms with van der Waals surface area (Å²) in [5.74, 6) is 0. The zero-order valence-electron chi connectivity index (χ0n) is 8.34. The highest BCUT2D eigenvalue weighted by molar-refractivity contribution is 9.10. The number of allylic oxidation sites excluding steroid dienone is 2. The molecule has 0 atom stereocenters. The van der Waals surface area contributed by atoms with Crippen molar-refractivity contribution in [3.63, 3.8) is 0 Å². The van der Waals surface area contributed by atoms with Gasteiger partial charge in [-0.05, 0) is 24.9 Å². The van der Waals surface area contributed by atoms with E-state index in [0.29, 0.717) is 5.56 Å². The molecule has 0 saturated carbocycles. The lowest BCUT2D eigenvalue weighted by Gasteiger charge is -1.98. The van der Waals surface area contributed by atoms with Gasteiger partial charge in [-0.3, -0.25) is 0 Å². The van der Waals surface area contributed by atoms with Gasteiger partial charge in [-0.1, -0.05) is 46.3 Å². The molecule has 0 aliphatic rings. The highest BCUT2D eigenvalue weighted by atomic mass is 79.9. The Hall–Kier alpha value is -0.560. The molecule has 0 fully saturated rings. The molecular weight excluding hydrogens is 200 g/mol. The highest BCUT2D eigenvalue weighted by Crippen LogP contribution is 2.16. The summed E-state index contributed by atoms with van der Waals surface area (Å²) in [4.78, 5) is 0. The molecule has 11 heavy (non-hydrogen) atoms. The van der Waals surface area contributed by atoms with Gasteiger partial charge in [-0.25, -0.2) is 0 Å². The molecule has 0 aromatic heterocycles. The van der Waals surface area contributed by atoms with Gasteiger partial charge in [0.15, 0.2) is 0 Å². The van der Waals surface area contributed by atoms with E-state index < -0.39 is 6.37 Å². The molecule has 1 aromatic rings. The molecule has 0 saturated heterocycles. The van der Waals surface area contributed by atoms with Gasteiger partial charge < -0.3 is 0 Å². The van der Waals surface area contributed by atoms with Crippen LogP contribution in [0, 0.1) is 0 Å². The fourth-order valence-corrected chi connectivity index (χ4v) is 1.15. The molecule has 0 N–H and O–H groups in total. The van der Waals surface area contributed by atoms with Gasteiger partial charge in [-0.2, -0.15) is 0 Å². The minimum atomic E-state index is -1.39. The van der Waals surface area contributed by atoms with Crippen molar-refractivity contribution in [3.8, 4) is 0 Å². The predicted octanol–water partition coefficient (Wildman–Crippen LogP) is 3.57. The Kier molecular flexibility index (Phi) is 2.37. The van der Waals surface area contributed by atoms with Gasteiger partial charge in [0.25, 0.3) is 0 Å². The van der Waals surface area contributed by atoms with Crippen molar-refractivity contribution < 1.29 is 2.74 Å². The van der Waals surface area contributed by atoms with E-state index in [4.69, 9.17) is 2.74 Å². The van der Waals surface area contributed by atoms with Crippen LogP contribution in [0.1, 0.15) is 15.2 Å². The van der Waals surface area contributed by atoms with Crippen molar-refractivity contribution in [2.45, 2.75) is 13.3 Å². The van der Waals surface area contributed by atoms with Gasteiger partial charge in [0, 0.05) is 7.21 Å². The maximum absolute atomic E-state index is 7.76. The molecule has 0 nitrogen and oxygen atoms in total. The minimum absolute atomic E-state index is 0.660. The highest BCUT2D eigenvalue weighted by Gasteiger charge is 1.93. The summed E-state index contributed by atoms with van der Waals surface area (Å²) in [6, 6.07) is 7.33. The molecular formula is C10H11Br. The molecule has 0 radical (unpaired) electrons. The molecule has 1 aromatic carbocycles. The zero-order valence-corrected chi connectivity index (χ0v) is 7.93. The first-order valence-corrected chi connectivity index (χ1v) is 4.26. The third-order valence-corrected chi connectivity index (χ3v) is 1.97. The molecule has 0 amide bonds. The van der Waals surface area contributed by atoms with Crippen LogP contribution in [0.4, 0.5) is 0 Å². The smallest absolute Gasteiger partial charge is 0.0360 e. The molecule has 58 valence electrons. The van der Waals surface area contributed by atoms with Crippen LogP contribution in [0.25, 0.3) is 0 Å². The molecule has 0 unspecified atom stereocenters. The Morgan fingerprint density at radius 3 is 2.91 bits per heavy atom. The van der Waals surface area contributed by atoms with Crippen LogP contribution in [0.15, 0.2) is 40.9 Å². The Morgan fingerprint density at radius 2 is 2.27 bits per heavy atom. The van der Waals surface area contributed by atoms with Crippen molar-refractivity contribution in [3.05, 3.63) is 46.5 Å². The average Bonchev–Trinajstić information content (AvgIpc) is 2.04. The number of hydrogen-bond donors (Lipinski definition) is 0. The molecule has 0 heterocycles. The summed E-state index contributed by atoms with van der Waals surface area (Å²) in [5.41, 5.74) is 0.660. The van der Waals surface area contributed by atoms with Crippen LogP contribution in [-0.4, -0.2) is 0 Å². The largest absolute Gasteiger partial charge is 0.0913 e. The number of halogens is 1. The van der Waals surface area contributed by atoms with Crippen molar-refractivity contribution in [2.24, 2.45) is 0 Å². The van der Waals surface area contributed by atoms with E-state index in [1.165, 1.54) is 0 Å². The lowest BCUT2D eigenvalue weighted by atomic mass is 10.1. The van der Waals surface area contributed by atoms with Crippen LogP contribution < -0.4 is 0 Å². The molecule has 0 spiro atoms. The average molecular weight is 213 g/mol. The van der Waals surface area contributed by atoms with Crippen molar-refractivity contribution >= 4 is 15.9 Å². The van der Waals surface area contributed by atoms with E-state index >= 15 is 0 Å². The Balaban J connectivity index is 3.14. The fraction of sp³-hybridized carbons (Fsp3) is 0.200. The van der Waals surface area contributed by atoms with E-state index in [0.717, 1.165) is 4.47 Å². The summed E-state index contributed by atoms with van der Waals surface area (Å²) in [6.45, 7) is 1.81. The molecule has 1 heteroatoms. The second kappa shape index (κ2) is 4.35. The maximum Gasteiger partial charge on any atom is 0.0360 e. The first kappa shape index (κ1) is 6.01. The standard InChI is InChI=1S/C10H11Br/c1-2-3-6-9-7-4-5-8-10(9)11/h2-5,7-8H,6H2,1H3/b3-2+/i6D2. The monoisotopic (exact) mass is 212 g/mol. The van der Waals surface area contributed by atoms with Gasteiger partial charge in [0.05, 0.1) is 0 Å². The summed E-state index contributed by atoms with van der Waals surface area (Å²) >= 11 is 3.33. The first-order valence-electron chi connectivity index (χ1n) is 4.47. The van der Waals surface area contributed by atoms with Crippen LogP contribution >= 0.6 is 15.9 Å². The number of rotatable bonds is 2. The summed E-state index contributed by atoms with van der Waals surface area (Å²) in [6.07, 6.45) is 1.88. The van der Waals surface area contributed by atoms with Crippen molar-refractivity contribution in [1.29, 1.82) is 0 Å². The third kappa shape index (κ3) is 2.51. The first-order chi connectivity index (χ1) is 6.08. The summed E-state index contributed by atoms with van der Waals surface area (Å²) < 4.78 is 16.3. The number of hydrogen-bond acceptors (Lipinski definition) is 0. The molecule has 1 rings (SSSR count). The maximum atomic E-state index is 7.76. The SMILES string of the molecule is [2H]C([2H])(/C=C/C)c1ccccc1Br. The van der Waals surface area contributed by atoms with Gasteiger partial charge in [0.2, 0.25) is 0 Å². The third-order valence-electron chi connectivity index (χ3n) is 1.28. The topological polar surface area (TPSA) is 0 Å². The molecule has 0 aliphatic carbocycles. The van der Waals surface area contributed by atoms with E-state index in [1.807, 2.05) is 25.1 Å². The van der Waals surface area contributed by atoms with Gasteiger partial charge in [-0.15, -0.1) is 0 Å². The van der Waals surface area contributed by atoms with E-state index in [2.05, 4.69) is 15.9 Å². The van der Waals surface area contributed by atoms with E-state index in [1.54, 1.807) is 18.2 Å². The van der Waals surface area contributed by atoms with Gasteiger partial charge >= 0.3 is 0 Å². The Labute approximate surface area is 78.9 Å². The van der Waals surface area contributed by atoms with Crippen LogP contribution in [-0.2, 0) is 6.37 Å². The lowest BCUT2D eigenvalue weighted by molar-refractivity contribution is 1.24. The predicted molar refractivity (Wildman–Crippen MR) is 52.7 cm³/mol. The quantitative estimate of drug-likeness (QED) is 0.659. The number of benzene rings is 1. The van der Waals surface area contributed by atoms with Crippen molar-refractivity contribution in [1.82, 2.24) is 0 Å². The second-order valence-electron chi connectivity index (χ2n) is 2.12. The van der Waals surface area contributed by atoms with Crippen LogP contribution in [0.5, 0.6) is 0 Å². The van der Waals surface area contributed by atoms with E-state index in [9.17, 15) is 0 Å². The molecule has 0 bridgehead atoms. The van der Waals surface area contributed by atoms with E-state index in [-0.39, 0.29) is 0 Å². The van der Waals surface area contributed by atoms with Gasteiger partial charge in [0.1, 0.15) is 0 Å². The minimum Gasteiger partial charge on any atom is -0.0913 e. The Morgan fingerprint density at radius 1 is 1.55 bits per heavy atom. The Bertz CT molecular complexity index is 318. The summed E-state index contributed by atoms with van der Waals surface area (Å²) in [7, 11) is 0. The lowest BCUT2D eigenvalue weighted by Crippen LogP contribution is -1.80. The van der Waals surface area contributed by atoms with Crippen LogP contribution in [0.3, 0.4) is 0 Å². The fourth-order valence-electron chi connectivity index (χ4n) is 0.751. The van der Waals surface area contributed by atoms with Crippen molar-refractivity contribution in [2.75, 3.05) is 0 Å².